The van der Waals surface area contributed by atoms with Gasteiger partial charge in [0.05, 0.1) is 5.60 Å². The molecule has 0 aromatic heterocycles. The van der Waals surface area contributed by atoms with Crippen molar-refractivity contribution in [2.24, 2.45) is 0 Å². The SMILES string of the molecule is O=C(O)c1ccc(Br)cc1OCC1(O)CCCC1. The van der Waals surface area contributed by atoms with Gasteiger partial charge >= 0.3 is 5.97 Å². The van der Waals surface area contributed by atoms with E-state index in [4.69, 9.17) is 9.84 Å². The summed E-state index contributed by atoms with van der Waals surface area (Å²) in [7, 11) is 0. The first-order chi connectivity index (χ1) is 8.50. The summed E-state index contributed by atoms with van der Waals surface area (Å²) in [4.78, 5) is 11.1. The summed E-state index contributed by atoms with van der Waals surface area (Å²) in [6.45, 7) is 0.143. The van der Waals surface area contributed by atoms with E-state index in [1.54, 1.807) is 12.1 Å². The van der Waals surface area contributed by atoms with Crippen LogP contribution in [0.5, 0.6) is 5.75 Å². The zero-order valence-electron chi connectivity index (χ0n) is 9.86. The third-order valence-electron chi connectivity index (χ3n) is 3.20. The molecule has 0 amide bonds. The lowest BCUT2D eigenvalue weighted by Crippen LogP contribution is -2.32. The molecule has 0 unspecified atom stereocenters. The molecular formula is C13H15BrO4. The highest BCUT2D eigenvalue weighted by Gasteiger charge is 2.32. The molecule has 4 nitrogen and oxygen atoms in total. The molecule has 0 radical (unpaired) electrons. The Bertz CT molecular complexity index is 452. The minimum atomic E-state index is -1.03. The Kier molecular flexibility index (Phi) is 3.92. The van der Waals surface area contributed by atoms with Crippen molar-refractivity contribution in [1.29, 1.82) is 0 Å². The molecule has 1 fully saturated rings. The van der Waals surface area contributed by atoms with Gasteiger partial charge < -0.3 is 14.9 Å². The van der Waals surface area contributed by atoms with Crippen LogP contribution in [0.4, 0.5) is 0 Å². The molecule has 98 valence electrons. The zero-order chi connectivity index (χ0) is 13.2. The summed E-state index contributed by atoms with van der Waals surface area (Å²) in [5.41, 5.74) is -0.697. The number of carboxylic acids is 1. The predicted octanol–water partition coefficient (Wildman–Crippen LogP) is 2.83. The van der Waals surface area contributed by atoms with E-state index in [1.807, 2.05) is 0 Å². The smallest absolute Gasteiger partial charge is 0.339 e. The molecule has 0 bridgehead atoms. The molecule has 5 heteroatoms. The lowest BCUT2D eigenvalue weighted by Gasteiger charge is -2.22. The molecule has 0 aliphatic heterocycles. The van der Waals surface area contributed by atoms with Crippen LogP contribution in [0.3, 0.4) is 0 Å². The number of aromatic carboxylic acids is 1. The third kappa shape index (κ3) is 3.03. The van der Waals surface area contributed by atoms with Crippen LogP contribution in [0.25, 0.3) is 0 Å². The first kappa shape index (κ1) is 13.4. The summed E-state index contributed by atoms with van der Waals surface area (Å²) in [5.74, 6) is -0.742. The fraction of sp³-hybridized carbons (Fsp3) is 0.462. The number of ether oxygens (including phenoxy) is 1. The highest BCUT2D eigenvalue weighted by molar-refractivity contribution is 9.10. The van der Waals surface area contributed by atoms with Gasteiger partial charge in [-0.15, -0.1) is 0 Å². The van der Waals surface area contributed by atoms with Crippen LogP contribution in [0.2, 0.25) is 0 Å². The minimum Gasteiger partial charge on any atom is -0.490 e. The van der Waals surface area contributed by atoms with Crippen LogP contribution in [0.15, 0.2) is 22.7 Å². The summed E-state index contributed by atoms with van der Waals surface area (Å²) in [6.07, 6.45) is 3.40. The molecule has 0 spiro atoms. The first-order valence-corrected chi connectivity index (χ1v) is 6.67. The van der Waals surface area contributed by atoms with E-state index in [1.165, 1.54) is 6.07 Å². The molecule has 0 saturated heterocycles. The molecule has 1 aromatic rings. The Morgan fingerprint density at radius 1 is 1.39 bits per heavy atom. The molecule has 0 heterocycles. The fourth-order valence-corrected chi connectivity index (χ4v) is 2.52. The van der Waals surface area contributed by atoms with Gasteiger partial charge in [0.25, 0.3) is 0 Å². The van der Waals surface area contributed by atoms with Crippen molar-refractivity contribution in [3.63, 3.8) is 0 Å². The van der Waals surface area contributed by atoms with Crippen molar-refractivity contribution in [3.05, 3.63) is 28.2 Å². The lowest BCUT2D eigenvalue weighted by atomic mass is 10.0. The number of halogens is 1. The van der Waals surface area contributed by atoms with Gasteiger partial charge in [0.1, 0.15) is 17.9 Å². The molecule has 1 aliphatic carbocycles. The zero-order valence-corrected chi connectivity index (χ0v) is 11.4. The second-order valence-corrected chi connectivity index (χ2v) is 5.58. The lowest BCUT2D eigenvalue weighted by molar-refractivity contribution is 0.000887. The van der Waals surface area contributed by atoms with Gasteiger partial charge in [-0.25, -0.2) is 4.79 Å². The van der Waals surface area contributed by atoms with E-state index >= 15 is 0 Å². The monoisotopic (exact) mass is 314 g/mol. The number of benzene rings is 1. The van der Waals surface area contributed by atoms with Crippen molar-refractivity contribution < 1.29 is 19.7 Å². The fourth-order valence-electron chi connectivity index (χ4n) is 2.18. The number of carbonyl (C=O) groups is 1. The first-order valence-electron chi connectivity index (χ1n) is 5.88. The van der Waals surface area contributed by atoms with Crippen molar-refractivity contribution >= 4 is 21.9 Å². The van der Waals surface area contributed by atoms with Crippen LogP contribution in [0, 0.1) is 0 Å². The van der Waals surface area contributed by atoms with Gasteiger partial charge in [-0.2, -0.15) is 0 Å². The average molecular weight is 315 g/mol. The topological polar surface area (TPSA) is 66.8 Å². The van der Waals surface area contributed by atoms with Gasteiger partial charge in [-0.05, 0) is 31.0 Å². The Labute approximate surface area is 114 Å². The molecular weight excluding hydrogens is 300 g/mol. The van der Waals surface area contributed by atoms with Gasteiger partial charge in [-0.1, -0.05) is 28.8 Å². The average Bonchev–Trinajstić information content (AvgIpc) is 2.74. The van der Waals surface area contributed by atoms with Crippen LogP contribution >= 0.6 is 15.9 Å². The second kappa shape index (κ2) is 5.28. The number of hydrogen-bond acceptors (Lipinski definition) is 3. The molecule has 18 heavy (non-hydrogen) atoms. The number of rotatable bonds is 4. The van der Waals surface area contributed by atoms with Crippen LogP contribution < -0.4 is 4.74 Å². The third-order valence-corrected chi connectivity index (χ3v) is 3.70. The van der Waals surface area contributed by atoms with E-state index in [9.17, 15) is 9.90 Å². The maximum atomic E-state index is 11.1. The van der Waals surface area contributed by atoms with E-state index in [2.05, 4.69) is 15.9 Å². The molecule has 1 aliphatic rings. The standard InChI is InChI=1S/C13H15BrO4/c14-9-3-4-10(12(15)16)11(7-9)18-8-13(17)5-1-2-6-13/h3-4,7,17H,1-2,5-6,8H2,(H,15,16). The Morgan fingerprint density at radius 3 is 2.67 bits per heavy atom. The number of aliphatic hydroxyl groups is 1. The van der Waals surface area contributed by atoms with E-state index in [-0.39, 0.29) is 17.9 Å². The summed E-state index contributed by atoms with van der Waals surface area (Å²) < 4.78 is 6.26. The largest absolute Gasteiger partial charge is 0.490 e. The molecule has 2 N–H and O–H groups in total. The molecule has 0 atom stereocenters. The molecule has 1 aromatic carbocycles. The highest BCUT2D eigenvalue weighted by Crippen LogP contribution is 2.31. The quantitative estimate of drug-likeness (QED) is 0.896. The van der Waals surface area contributed by atoms with Crippen molar-refractivity contribution in [3.8, 4) is 5.75 Å². The van der Waals surface area contributed by atoms with Crippen molar-refractivity contribution in [2.45, 2.75) is 31.3 Å². The Morgan fingerprint density at radius 2 is 2.06 bits per heavy atom. The Hall–Kier alpha value is -1.07. The maximum Gasteiger partial charge on any atom is 0.339 e. The minimum absolute atomic E-state index is 0.111. The van der Waals surface area contributed by atoms with Gasteiger partial charge in [0, 0.05) is 4.47 Å². The second-order valence-electron chi connectivity index (χ2n) is 4.67. The normalized spacial score (nSPS) is 17.7. The summed E-state index contributed by atoms with van der Waals surface area (Å²) in [5, 5.41) is 19.2. The van der Waals surface area contributed by atoms with Gasteiger partial charge in [-0.3, -0.25) is 0 Å². The Balaban J connectivity index is 2.12. The summed E-state index contributed by atoms with van der Waals surface area (Å²) >= 11 is 3.28. The molecule has 2 rings (SSSR count). The molecule has 1 saturated carbocycles. The van der Waals surface area contributed by atoms with E-state index in [0.717, 1.165) is 17.3 Å². The summed E-state index contributed by atoms with van der Waals surface area (Å²) in [6, 6.07) is 4.75. The maximum absolute atomic E-state index is 11.1. The highest BCUT2D eigenvalue weighted by atomic mass is 79.9. The number of hydrogen-bond donors (Lipinski definition) is 2. The van der Waals surface area contributed by atoms with Crippen molar-refractivity contribution in [1.82, 2.24) is 0 Å². The predicted molar refractivity (Wildman–Crippen MR) is 70.0 cm³/mol. The van der Waals surface area contributed by atoms with Crippen LogP contribution in [-0.2, 0) is 0 Å². The van der Waals surface area contributed by atoms with Gasteiger partial charge in [0.15, 0.2) is 0 Å². The van der Waals surface area contributed by atoms with E-state index < -0.39 is 11.6 Å². The van der Waals surface area contributed by atoms with Crippen LogP contribution in [0.1, 0.15) is 36.0 Å². The van der Waals surface area contributed by atoms with Gasteiger partial charge in [0.2, 0.25) is 0 Å². The van der Waals surface area contributed by atoms with Crippen molar-refractivity contribution in [2.75, 3.05) is 6.61 Å². The van der Waals surface area contributed by atoms with E-state index in [0.29, 0.717) is 12.8 Å². The van der Waals surface area contributed by atoms with Crippen LogP contribution in [-0.4, -0.2) is 28.4 Å². The number of carboxylic acid groups (broad SMARTS) is 1.